The Morgan fingerprint density at radius 2 is 1.30 bits per heavy atom. The topological polar surface area (TPSA) is 46.7 Å². The molecule has 11 aromatic rings. The Labute approximate surface area is 463 Å². The first-order chi connectivity index (χ1) is 39.1. The molecule has 74 heavy (non-hydrogen) atoms. The molecule has 0 bridgehead atoms. The number of pyridine rings is 1. The molecule has 0 N–H and O–H groups in total. The van der Waals surface area contributed by atoms with Crippen LogP contribution >= 0.6 is 0 Å². The second-order valence-corrected chi connectivity index (χ2v) is 21.9. The molecule has 6 nitrogen and oxygen atoms in total. The van der Waals surface area contributed by atoms with E-state index >= 15 is 0 Å². The Hall–Kier alpha value is -7.40. The third-order valence-corrected chi connectivity index (χ3v) is 13.8. The van der Waals surface area contributed by atoms with Crippen LogP contribution in [0.25, 0.3) is 71.8 Å². The van der Waals surface area contributed by atoms with Crippen molar-refractivity contribution in [3.63, 3.8) is 0 Å². The number of anilines is 4. The molecule has 0 spiro atoms. The molecule has 12 rings (SSSR count). The summed E-state index contributed by atoms with van der Waals surface area (Å²) in [6.45, 7) is 19.2. The summed E-state index contributed by atoms with van der Waals surface area (Å²) in [5, 5.41) is 1.23. The molecule has 0 atom stereocenters. The minimum atomic E-state index is -2.56. The Kier molecular flexibility index (Phi) is 9.41. The summed E-state index contributed by atoms with van der Waals surface area (Å²) in [6, 6.07) is 43.2. The van der Waals surface area contributed by atoms with Crippen molar-refractivity contribution in [1.29, 1.82) is 0 Å². The second-order valence-electron chi connectivity index (χ2n) is 21.9. The van der Waals surface area contributed by atoms with Gasteiger partial charge in [-0.25, -0.2) is 4.98 Å². The molecule has 0 saturated carbocycles. The van der Waals surface area contributed by atoms with Crippen LogP contribution < -0.4 is 14.5 Å². The zero-order valence-corrected chi connectivity index (χ0v) is 44.9. The van der Waals surface area contributed by atoms with E-state index in [1.54, 1.807) is 30.5 Å². The zero-order chi connectivity index (χ0) is 59.1. The Bertz CT molecular complexity index is 4480. The minimum Gasteiger partial charge on any atom is -0.509 e. The van der Waals surface area contributed by atoms with Crippen LogP contribution in [0.1, 0.15) is 98.3 Å². The van der Waals surface area contributed by atoms with Crippen molar-refractivity contribution in [3.8, 4) is 39.6 Å². The Morgan fingerprint density at radius 1 is 0.595 bits per heavy atom. The van der Waals surface area contributed by atoms with Gasteiger partial charge >= 0.3 is 0 Å². The van der Waals surface area contributed by atoms with Crippen molar-refractivity contribution in [2.75, 3.05) is 9.80 Å². The van der Waals surface area contributed by atoms with Crippen molar-refractivity contribution < 1.29 is 43.9 Å². The quantitative estimate of drug-likeness (QED) is 0.149. The van der Waals surface area contributed by atoms with Gasteiger partial charge in [0.15, 0.2) is 0 Å². The summed E-state index contributed by atoms with van der Waals surface area (Å²) in [5.41, 5.74) is 9.54. The third-order valence-electron chi connectivity index (χ3n) is 13.8. The van der Waals surface area contributed by atoms with Crippen LogP contribution in [0.2, 0.25) is 0 Å². The van der Waals surface area contributed by atoms with Gasteiger partial charge in [-0.15, -0.1) is 48.1 Å². The molecular formula is C67H59N4O2Pt-3. The van der Waals surface area contributed by atoms with E-state index in [-0.39, 0.29) is 82.2 Å². The van der Waals surface area contributed by atoms with Crippen LogP contribution in [0.4, 0.5) is 22.7 Å². The normalized spacial score (nSPS) is 15.1. The fourth-order valence-corrected chi connectivity index (χ4v) is 9.74. The summed E-state index contributed by atoms with van der Waals surface area (Å²) in [7, 11) is 0. The molecule has 1 aliphatic heterocycles. The fraction of sp³-hybridized carbons (Fsp3) is 0.194. The number of aromatic nitrogens is 2. The number of furan rings is 1. The summed E-state index contributed by atoms with van der Waals surface area (Å²) in [5.74, 6) is 1.02. The zero-order valence-electron chi connectivity index (χ0n) is 52.6. The van der Waals surface area contributed by atoms with Gasteiger partial charge in [-0.2, -0.15) is 12.1 Å². The predicted molar refractivity (Wildman–Crippen MR) is 303 cm³/mol. The van der Waals surface area contributed by atoms with Gasteiger partial charge in [0.2, 0.25) is 0 Å². The summed E-state index contributed by atoms with van der Waals surface area (Å²) >= 11 is 0. The number of hydrogen-bond donors (Lipinski definition) is 0. The molecular weight excluding hydrogens is 1090 g/mol. The summed E-state index contributed by atoms with van der Waals surface area (Å²) in [4.78, 5) is 9.32. The average molecular weight is 1160 g/mol. The van der Waals surface area contributed by atoms with Crippen LogP contribution in [0.15, 0.2) is 174 Å². The number of fused-ring (bicyclic) bond motifs is 7. The van der Waals surface area contributed by atoms with E-state index in [1.165, 1.54) is 11.1 Å². The van der Waals surface area contributed by atoms with E-state index in [1.807, 2.05) is 71.3 Å². The predicted octanol–water partition coefficient (Wildman–Crippen LogP) is 18.4. The van der Waals surface area contributed by atoms with Gasteiger partial charge in [-0.05, 0) is 104 Å². The fourth-order valence-electron chi connectivity index (χ4n) is 9.74. The van der Waals surface area contributed by atoms with Crippen molar-refractivity contribution >= 4 is 66.5 Å². The van der Waals surface area contributed by atoms with Gasteiger partial charge < -0.3 is 23.5 Å². The molecule has 4 heterocycles. The SMILES string of the molecule is [2H]c1c([2H])c([2H])c2c(oc3c(-c4ccc5c(c4)c4ccc(Oc6[c-]c(N7[CH-]N(c8cc(C(C)(C)C)cc(C(C)(C)C)c8)c8ccccc87)ccc6)[c-]c4n5-c4cc(C([2H])([2H])[2H])c(-c5cccc(C(C)(C)C)c5)cn4)c([2H])c([2H])c([2H])c32)c1[2H].[Pt]. The van der Waals surface area contributed by atoms with Crippen molar-refractivity contribution in [2.24, 2.45) is 0 Å². The first kappa shape index (κ1) is 38.2. The monoisotopic (exact) mass is 1160 g/mol. The summed E-state index contributed by atoms with van der Waals surface area (Å²) < 4.78 is 103. The van der Waals surface area contributed by atoms with Gasteiger partial charge in [0.25, 0.3) is 0 Å². The molecule has 372 valence electrons. The summed E-state index contributed by atoms with van der Waals surface area (Å²) in [6.07, 6.45) is 1.60. The molecule has 0 saturated heterocycles. The van der Waals surface area contributed by atoms with E-state index < -0.39 is 43.1 Å². The largest absolute Gasteiger partial charge is 0.509 e. The standard InChI is InChI=1S/C67H59N4O2.Pt/c1-42-32-63(68-40-57(42)43-18-15-19-45(33-43)65(2,3)4)71-58-31-28-44(52-23-17-24-55-54-22-11-14-27-62(54)73-64(52)55)34-56(58)53-30-29-51(39-61(53)71)72-50-21-16-20-48(38-50)69-41-70(60-26-13-12-25-59(60)69)49-36-46(66(5,6)7)35-47(37-49)67(8,9)10;/h11-37,40-41H,1-10H3;/q-3;/i1D3,11D,14D,17D,22D,23D,24D,27D;. The number of aryl methyl sites for hydroxylation is 1. The maximum absolute atomic E-state index is 9.26. The smallest absolute Gasteiger partial charge is 0.143 e. The van der Waals surface area contributed by atoms with Crippen LogP contribution in [0.5, 0.6) is 11.5 Å². The van der Waals surface area contributed by atoms with Crippen LogP contribution in [-0.2, 0) is 37.3 Å². The number of ether oxygens (including phenoxy) is 1. The van der Waals surface area contributed by atoms with E-state index in [0.29, 0.717) is 50.0 Å². The molecule has 0 fully saturated rings. The third kappa shape index (κ3) is 8.67. The molecule has 0 radical (unpaired) electrons. The maximum atomic E-state index is 9.26. The molecule has 0 aliphatic carbocycles. The molecule has 3 aromatic heterocycles. The van der Waals surface area contributed by atoms with Crippen LogP contribution in [0.3, 0.4) is 0 Å². The van der Waals surface area contributed by atoms with Gasteiger partial charge in [-0.1, -0.05) is 159 Å². The van der Waals surface area contributed by atoms with Crippen molar-refractivity contribution in [2.45, 2.75) is 85.4 Å². The molecule has 1 aliphatic rings. The number of nitrogens with zero attached hydrogens (tertiary/aromatic N) is 4. The maximum Gasteiger partial charge on any atom is 0.143 e. The van der Waals surface area contributed by atoms with Gasteiger partial charge in [0, 0.05) is 87.4 Å². The number of hydrogen-bond acceptors (Lipinski definition) is 5. The number of rotatable bonds is 7. The Balaban J connectivity index is 0.00000736. The Morgan fingerprint density at radius 3 is 2.05 bits per heavy atom. The number of benzene rings is 8. The van der Waals surface area contributed by atoms with Crippen LogP contribution in [-0.4, -0.2) is 9.55 Å². The molecule has 8 aromatic carbocycles. The molecule has 7 heteroatoms. The van der Waals surface area contributed by atoms with E-state index in [0.717, 1.165) is 28.3 Å². The molecule has 0 amide bonds. The minimum absolute atomic E-state index is 0. The first-order valence-electron chi connectivity index (χ1n) is 29.5. The van der Waals surface area contributed by atoms with E-state index in [4.69, 9.17) is 26.5 Å². The van der Waals surface area contributed by atoms with Crippen LogP contribution in [0, 0.1) is 25.7 Å². The van der Waals surface area contributed by atoms with Crippen molar-refractivity contribution in [3.05, 3.63) is 211 Å². The van der Waals surface area contributed by atoms with Gasteiger partial charge in [0.1, 0.15) is 17.0 Å². The second kappa shape index (κ2) is 18.2. The molecule has 0 unspecified atom stereocenters. The number of para-hydroxylation sites is 4. The van der Waals surface area contributed by atoms with Crippen molar-refractivity contribution in [1.82, 2.24) is 9.55 Å². The van der Waals surface area contributed by atoms with E-state index in [9.17, 15) is 1.37 Å². The van der Waals surface area contributed by atoms with Gasteiger partial charge in [0.05, 0.1) is 9.60 Å². The van der Waals surface area contributed by atoms with E-state index in [2.05, 4.69) is 121 Å². The van der Waals surface area contributed by atoms with Gasteiger partial charge in [-0.3, -0.25) is 0 Å². The first-order valence-corrected chi connectivity index (χ1v) is 24.5. The average Bonchev–Trinajstić information content (AvgIpc) is 3.10.